The zero-order valence-electron chi connectivity index (χ0n) is 9.36. The van der Waals surface area contributed by atoms with Crippen LogP contribution in [-0.2, 0) is 6.42 Å². The van der Waals surface area contributed by atoms with E-state index in [-0.39, 0.29) is 10.6 Å². The van der Waals surface area contributed by atoms with Crippen molar-refractivity contribution in [2.75, 3.05) is 0 Å². The molecule has 4 heteroatoms. The summed E-state index contributed by atoms with van der Waals surface area (Å²) in [5, 5.41) is 9.27. The Kier molecular flexibility index (Phi) is 4.04. The number of halogens is 2. The normalized spacial score (nSPS) is 10.3. The third-order valence-corrected chi connectivity index (χ3v) is 3.49. The molecule has 0 amide bonds. The molecule has 0 atom stereocenters. The lowest BCUT2D eigenvalue weighted by Crippen LogP contribution is -2.00. The Labute approximate surface area is 118 Å². The molecule has 0 radical (unpaired) electrons. The molecule has 0 aliphatic heterocycles. The highest BCUT2D eigenvalue weighted by Crippen LogP contribution is 2.28. The van der Waals surface area contributed by atoms with E-state index in [9.17, 15) is 4.79 Å². The minimum Gasteiger partial charge on any atom is -0.478 e. The van der Waals surface area contributed by atoms with Crippen molar-refractivity contribution in [3.63, 3.8) is 0 Å². The zero-order chi connectivity index (χ0) is 13.1. The molecule has 1 N–H and O–H groups in total. The van der Waals surface area contributed by atoms with E-state index in [0.29, 0.717) is 4.47 Å². The van der Waals surface area contributed by atoms with Gasteiger partial charge in [0.05, 0.1) is 10.6 Å². The van der Waals surface area contributed by atoms with Gasteiger partial charge in [0.1, 0.15) is 0 Å². The molecule has 0 aliphatic rings. The number of benzene rings is 2. The van der Waals surface area contributed by atoms with Gasteiger partial charge in [-0.05, 0) is 45.6 Å². The molecule has 0 aliphatic carbocycles. The van der Waals surface area contributed by atoms with Gasteiger partial charge in [0.15, 0.2) is 0 Å². The monoisotopic (exact) mass is 324 g/mol. The molecule has 2 aromatic carbocycles. The molecule has 2 rings (SSSR count). The maximum absolute atomic E-state index is 11.0. The number of carboxylic acids is 1. The molecular weight excluding hydrogens is 316 g/mol. The first-order valence-electron chi connectivity index (χ1n) is 5.33. The molecule has 2 aromatic rings. The first-order chi connectivity index (χ1) is 8.58. The molecule has 0 fully saturated rings. The molecule has 0 bridgehead atoms. The van der Waals surface area contributed by atoms with Crippen LogP contribution in [0.1, 0.15) is 21.5 Å². The van der Waals surface area contributed by atoms with Crippen molar-refractivity contribution in [1.29, 1.82) is 0 Å². The van der Waals surface area contributed by atoms with E-state index in [4.69, 9.17) is 16.7 Å². The molecule has 0 heterocycles. The van der Waals surface area contributed by atoms with E-state index < -0.39 is 5.97 Å². The maximum Gasteiger partial charge on any atom is 0.338 e. The highest BCUT2D eigenvalue weighted by atomic mass is 79.9. The summed E-state index contributed by atoms with van der Waals surface area (Å²) in [6, 6.07) is 13.4. The van der Waals surface area contributed by atoms with Crippen molar-refractivity contribution < 1.29 is 9.90 Å². The Morgan fingerprint density at radius 1 is 1.17 bits per heavy atom. The lowest BCUT2D eigenvalue weighted by molar-refractivity contribution is 0.0696. The third-order valence-electron chi connectivity index (χ3n) is 2.57. The summed E-state index contributed by atoms with van der Waals surface area (Å²) in [4.78, 5) is 11.0. The maximum atomic E-state index is 11.0. The number of carbonyl (C=O) groups is 1. The van der Waals surface area contributed by atoms with E-state index in [1.54, 1.807) is 12.1 Å². The molecule has 0 unspecified atom stereocenters. The van der Waals surface area contributed by atoms with Crippen LogP contribution in [0, 0.1) is 0 Å². The highest BCUT2D eigenvalue weighted by Gasteiger charge is 2.14. The van der Waals surface area contributed by atoms with Gasteiger partial charge in [0.2, 0.25) is 0 Å². The predicted octanol–water partition coefficient (Wildman–Crippen LogP) is 4.39. The van der Waals surface area contributed by atoms with Gasteiger partial charge < -0.3 is 5.11 Å². The first-order valence-corrected chi connectivity index (χ1v) is 6.50. The van der Waals surface area contributed by atoms with Gasteiger partial charge in [-0.25, -0.2) is 4.79 Å². The molecular formula is C14H10BrClO2. The quantitative estimate of drug-likeness (QED) is 0.908. The van der Waals surface area contributed by atoms with Crippen molar-refractivity contribution in [3.05, 3.63) is 68.7 Å². The van der Waals surface area contributed by atoms with Crippen LogP contribution in [0.25, 0.3) is 0 Å². The summed E-state index contributed by atoms with van der Waals surface area (Å²) in [6.07, 6.45) is 0.721. The summed E-state index contributed by atoms with van der Waals surface area (Å²) in [5.74, 6) is -1.03. The predicted molar refractivity (Wildman–Crippen MR) is 75.4 cm³/mol. The Morgan fingerprint density at radius 2 is 1.83 bits per heavy atom. The molecule has 18 heavy (non-hydrogen) atoms. The fourth-order valence-corrected chi connectivity index (χ4v) is 2.88. The van der Waals surface area contributed by atoms with E-state index >= 15 is 0 Å². The molecule has 0 spiro atoms. The lowest BCUT2D eigenvalue weighted by Gasteiger charge is -2.07. The van der Waals surface area contributed by atoms with Crippen LogP contribution in [0.15, 0.2) is 46.9 Å². The molecule has 0 saturated carbocycles. The van der Waals surface area contributed by atoms with Crippen LogP contribution in [0.5, 0.6) is 0 Å². The average Bonchev–Trinajstić information content (AvgIpc) is 2.28. The van der Waals surface area contributed by atoms with E-state index in [0.717, 1.165) is 17.5 Å². The Hall–Kier alpha value is -1.32. The van der Waals surface area contributed by atoms with Crippen molar-refractivity contribution in [3.8, 4) is 0 Å². The standard InChI is InChI=1S/C14H10BrClO2/c15-11-7-10(6-9-4-2-1-3-5-9)8-12(16)13(11)14(17)18/h1-5,7-8H,6H2,(H,17,18). The van der Waals surface area contributed by atoms with Crippen molar-refractivity contribution in [2.24, 2.45) is 0 Å². The fourth-order valence-electron chi connectivity index (χ4n) is 1.76. The van der Waals surface area contributed by atoms with Gasteiger partial charge in [-0.3, -0.25) is 0 Å². The highest BCUT2D eigenvalue weighted by molar-refractivity contribution is 9.10. The molecule has 0 aromatic heterocycles. The number of hydrogen-bond acceptors (Lipinski definition) is 1. The number of aromatic carboxylic acids is 1. The van der Waals surface area contributed by atoms with Crippen molar-refractivity contribution in [2.45, 2.75) is 6.42 Å². The summed E-state index contributed by atoms with van der Waals surface area (Å²) < 4.78 is 0.508. The lowest BCUT2D eigenvalue weighted by atomic mass is 10.0. The van der Waals surface area contributed by atoms with Gasteiger partial charge in [0, 0.05) is 4.47 Å². The molecule has 2 nitrogen and oxygen atoms in total. The van der Waals surface area contributed by atoms with E-state index in [1.807, 2.05) is 30.3 Å². The summed E-state index contributed by atoms with van der Waals surface area (Å²) >= 11 is 9.23. The fraction of sp³-hybridized carbons (Fsp3) is 0.0714. The van der Waals surface area contributed by atoms with Crippen LogP contribution in [0.2, 0.25) is 5.02 Å². The average molecular weight is 326 g/mol. The first kappa shape index (κ1) is 13.1. The second-order valence-electron chi connectivity index (χ2n) is 3.90. The minimum atomic E-state index is -1.03. The number of rotatable bonds is 3. The smallest absolute Gasteiger partial charge is 0.338 e. The zero-order valence-corrected chi connectivity index (χ0v) is 11.7. The van der Waals surface area contributed by atoms with Gasteiger partial charge in [-0.1, -0.05) is 41.9 Å². The van der Waals surface area contributed by atoms with E-state index in [2.05, 4.69) is 15.9 Å². The van der Waals surface area contributed by atoms with Gasteiger partial charge in [-0.15, -0.1) is 0 Å². The van der Waals surface area contributed by atoms with Gasteiger partial charge in [0.25, 0.3) is 0 Å². The van der Waals surface area contributed by atoms with Crippen LogP contribution < -0.4 is 0 Å². The second kappa shape index (κ2) is 5.55. The SMILES string of the molecule is O=C(O)c1c(Cl)cc(Cc2ccccc2)cc1Br. The van der Waals surface area contributed by atoms with Crippen LogP contribution >= 0.6 is 27.5 Å². The topological polar surface area (TPSA) is 37.3 Å². The summed E-state index contributed by atoms with van der Waals surface area (Å²) in [7, 11) is 0. The van der Waals surface area contributed by atoms with Gasteiger partial charge >= 0.3 is 5.97 Å². The summed E-state index contributed by atoms with van der Waals surface area (Å²) in [5.41, 5.74) is 2.24. The third kappa shape index (κ3) is 2.92. The van der Waals surface area contributed by atoms with Crippen LogP contribution in [0.4, 0.5) is 0 Å². The van der Waals surface area contributed by atoms with Gasteiger partial charge in [-0.2, -0.15) is 0 Å². The Morgan fingerprint density at radius 3 is 2.39 bits per heavy atom. The van der Waals surface area contributed by atoms with Crippen molar-refractivity contribution in [1.82, 2.24) is 0 Å². The minimum absolute atomic E-state index is 0.105. The summed E-state index contributed by atoms with van der Waals surface area (Å²) in [6.45, 7) is 0. The molecule has 92 valence electrons. The van der Waals surface area contributed by atoms with E-state index in [1.165, 1.54) is 0 Å². The largest absolute Gasteiger partial charge is 0.478 e. The van der Waals surface area contributed by atoms with Crippen LogP contribution in [-0.4, -0.2) is 11.1 Å². The number of hydrogen-bond donors (Lipinski definition) is 1. The second-order valence-corrected chi connectivity index (χ2v) is 5.16. The number of carboxylic acid groups (broad SMARTS) is 1. The molecule has 0 saturated heterocycles. The Bertz CT molecular complexity index is 559. The van der Waals surface area contributed by atoms with Crippen LogP contribution in [0.3, 0.4) is 0 Å². The Balaban J connectivity index is 2.34. The van der Waals surface area contributed by atoms with Crippen molar-refractivity contribution >= 4 is 33.5 Å².